The van der Waals surface area contributed by atoms with Crippen LogP contribution in [0.2, 0.25) is 5.02 Å². The molecule has 5 nitrogen and oxygen atoms in total. The molecule has 2 aromatic rings. The second-order valence-electron chi connectivity index (χ2n) is 6.93. The minimum atomic E-state index is -0.0764. The Balaban J connectivity index is 2.39. The van der Waals surface area contributed by atoms with E-state index in [9.17, 15) is 4.79 Å². The molecule has 0 amide bonds. The normalized spacial score (nSPS) is 12.4. The van der Waals surface area contributed by atoms with Gasteiger partial charge in [-0.15, -0.1) is 5.10 Å². The van der Waals surface area contributed by atoms with Gasteiger partial charge in [0.2, 0.25) is 0 Å². The van der Waals surface area contributed by atoms with Crippen molar-refractivity contribution >= 4 is 17.5 Å². The van der Waals surface area contributed by atoms with Gasteiger partial charge in [0.15, 0.2) is 5.82 Å². The number of halogens is 1. The third-order valence-corrected chi connectivity index (χ3v) is 4.41. The Labute approximate surface area is 160 Å². The van der Waals surface area contributed by atoms with Gasteiger partial charge in [-0.3, -0.25) is 4.79 Å². The van der Waals surface area contributed by atoms with Crippen molar-refractivity contribution in [3.05, 3.63) is 29.3 Å². The molecule has 0 spiro atoms. The lowest BCUT2D eigenvalue weighted by Crippen LogP contribution is -2.23. The minimum absolute atomic E-state index is 0.0391. The van der Waals surface area contributed by atoms with Crippen molar-refractivity contribution < 1.29 is 9.53 Å². The Kier molecular flexibility index (Phi) is 7.64. The number of rotatable bonds is 9. The zero-order chi connectivity index (χ0) is 19.1. The lowest BCUT2D eigenvalue weighted by molar-refractivity contribution is 0.0804. The standard InChI is InChI=1S/C20H28ClN3O2/c1-5-7-9-15(6-2)19(25)24-18(16-10-8-11-17(21)12-16)22-20(23-24)26-13-14(3)4/h8,10-12,14-15H,5-7,9,13H2,1-4H3/t15-/m0/s1. The average molecular weight is 378 g/mol. The molecule has 0 N–H and O–H groups in total. The Morgan fingerprint density at radius 1 is 1.31 bits per heavy atom. The molecule has 1 aromatic carbocycles. The fraction of sp³-hybridized carbons (Fsp3) is 0.550. The van der Waals surface area contributed by atoms with Crippen LogP contribution in [-0.2, 0) is 0 Å². The number of ether oxygens (including phenoxy) is 1. The van der Waals surface area contributed by atoms with E-state index in [0.29, 0.717) is 23.4 Å². The van der Waals surface area contributed by atoms with Gasteiger partial charge >= 0.3 is 6.01 Å². The molecule has 0 aliphatic rings. The largest absolute Gasteiger partial charge is 0.462 e. The fourth-order valence-electron chi connectivity index (χ4n) is 2.69. The number of benzene rings is 1. The summed E-state index contributed by atoms with van der Waals surface area (Å²) in [5.74, 6) is 0.710. The molecule has 1 heterocycles. The molecule has 0 fully saturated rings. The molecule has 0 bridgehead atoms. The highest BCUT2D eigenvalue weighted by atomic mass is 35.5. The van der Waals surface area contributed by atoms with Crippen LogP contribution in [0.5, 0.6) is 6.01 Å². The lowest BCUT2D eigenvalue weighted by atomic mass is 9.98. The van der Waals surface area contributed by atoms with E-state index in [-0.39, 0.29) is 17.8 Å². The molecule has 0 unspecified atom stereocenters. The molecule has 1 aromatic heterocycles. The molecule has 0 aliphatic heterocycles. The number of nitrogens with zero attached hydrogens (tertiary/aromatic N) is 3. The van der Waals surface area contributed by atoms with Crippen LogP contribution in [0, 0.1) is 11.8 Å². The van der Waals surface area contributed by atoms with E-state index in [1.54, 1.807) is 12.1 Å². The van der Waals surface area contributed by atoms with E-state index in [4.69, 9.17) is 16.3 Å². The quantitative estimate of drug-likeness (QED) is 0.579. The fourth-order valence-corrected chi connectivity index (χ4v) is 2.88. The molecule has 0 radical (unpaired) electrons. The first-order valence-corrected chi connectivity index (χ1v) is 9.74. The molecule has 6 heteroatoms. The summed E-state index contributed by atoms with van der Waals surface area (Å²) in [6, 6.07) is 7.52. The van der Waals surface area contributed by atoms with Gasteiger partial charge in [0.1, 0.15) is 0 Å². The number of hydrogen-bond donors (Lipinski definition) is 0. The summed E-state index contributed by atoms with van der Waals surface area (Å²) in [6.07, 6.45) is 3.70. The van der Waals surface area contributed by atoms with Crippen molar-refractivity contribution in [2.75, 3.05) is 6.61 Å². The van der Waals surface area contributed by atoms with Gasteiger partial charge in [-0.25, -0.2) is 0 Å². The monoisotopic (exact) mass is 377 g/mol. The highest BCUT2D eigenvalue weighted by molar-refractivity contribution is 6.30. The summed E-state index contributed by atoms with van der Waals surface area (Å²) in [5.41, 5.74) is 0.753. The predicted molar refractivity (Wildman–Crippen MR) is 105 cm³/mol. The smallest absolute Gasteiger partial charge is 0.336 e. The van der Waals surface area contributed by atoms with Gasteiger partial charge in [-0.1, -0.05) is 64.3 Å². The number of aromatic nitrogens is 3. The maximum absolute atomic E-state index is 13.1. The van der Waals surface area contributed by atoms with Crippen LogP contribution in [-0.4, -0.2) is 27.3 Å². The van der Waals surface area contributed by atoms with Crippen LogP contribution in [0.25, 0.3) is 11.4 Å². The summed E-state index contributed by atoms with van der Waals surface area (Å²) in [7, 11) is 0. The molecule has 0 aliphatic carbocycles. The van der Waals surface area contributed by atoms with Crippen LogP contribution in [0.1, 0.15) is 58.2 Å². The summed E-state index contributed by atoms with van der Waals surface area (Å²) in [4.78, 5) is 17.5. The van der Waals surface area contributed by atoms with E-state index < -0.39 is 0 Å². The lowest BCUT2D eigenvalue weighted by Gasteiger charge is -2.14. The molecule has 1 atom stereocenters. The van der Waals surface area contributed by atoms with Crippen molar-refractivity contribution in [2.24, 2.45) is 11.8 Å². The van der Waals surface area contributed by atoms with Crippen molar-refractivity contribution in [3.63, 3.8) is 0 Å². The maximum Gasteiger partial charge on any atom is 0.336 e. The molecular formula is C20H28ClN3O2. The molecule has 26 heavy (non-hydrogen) atoms. The van der Waals surface area contributed by atoms with Gasteiger partial charge < -0.3 is 4.74 Å². The number of hydrogen-bond acceptors (Lipinski definition) is 4. The van der Waals surface area contributed by atoms with Gasteiger partial charge in [-0.05, 0) is 30.9 Å². The zero-order valence-electron chi connectivity index (χ0n) is 16.0. The first-order valence-electron chi connectivity index (χ1n) is 9.36. The van der Waals surface area contributed by atoms with Gasteiger partial charge in [-0.2, -0.15) is 9.67 Å². The Morgan fingerprint density at radius 2 is 2.08 bits per heavy atom. The minimum Gasteiger partial charge on any atom is -0.462 e. The topological polar surface area (TPSA) is 57.0 Å². The first-order chi connectivity index (χ1) is 12.5. The molecule has 0 saturated heterocycles. The van der Waals surface area contributed by atoms with Crippen LogP contribution in [0.15, 0.2) is 24.3 Å². The third kappa shape index (κ3) is 5.31. The van der Waals surface area contributed by atoms with Crippen molar-refractivity contribution in [1.29, 1.82) is 0 Å². The van der Waals surface area contributed by atoms with Crippen molar-refractivity contribution in [2.45, 2.75) is 53.4 Å². The summed E-state index contributed by atoms with van der Waals surface area (Å²) >= 11 is 6.12. The predicted octanol–water partition coefficient (Wildman–Crippen LogP) is 5.49. The summed E-state index contributed by atoms with van der Waals surface area (Å²) < 4.78 is 7.05. The summed E-state index contributed by atoms with van der Waals surface area (Å²) in [6.45, 7) is 8.77. The number of unbranched alkanes of at least 4 members (excludes halogenated alkanes) is 1. The highest BCUT2D eigenvalue weighted by Crippen LogP contribution is 2.25. The summed E-state index contributed by atoms with van der Waals surface area (Å²) in [5, 5.41) is 4.95. The van der Waals surface area contributed by atoms with Crippen molar-refractivity contribution in [1.82, 2.24) is 14.8 Å². The maximum atomic E-state index is 13.1. The highest BCUT2D eigenvalue weighted by Gasteiger charge is 2.24. The van der Waals surface area contributed by atoms with Crippen molar-refractivity contribution in [3.8, 4) is 17.4 Å². The Bertz CT molecular complexity index is 728. The second-order valence-corrected chi connectivity index (χ2v) is 7.37. The molecular weight excluding hydrogens is 350 g/mol. The first kappa shape index (κ1) is 20.4. The van der Waals surface area contributed by atoms with Gasteiger partial charge in [0, 0.05) is 16.5 Å². The van der Waals surface area contributed by atoms with E-state index in [0.717, 1.165) is 31.2 Å². The molecule has 142 valence electrons. The van der Waals surface area contributed by atoms with E-state index in [2.05, 4.69) is 30.9 Å². The Hall–Kier alpha value is -1.88. The zero-order valence-corrected chi connectivity index (χ0v) is 16.8. The van der Waals surface area contributed by atoms with Gasteiger partial charge in [0.05, 0.1) is 6.61 Å². The Morgan fingerprint density at radius 3 is 2.69 bits per heavy atom. The van der Waals surface area contributed by atoms with E-state index in [1.807, 2.05) is 19.1 Å². The SMILES string of the molecule is CCCC[C@H](CC)C(=O)n1nc(OCC(C)C)nc1-c1cccc(Cl)c1. The van der Waals surface area contributed by atoms with Crippen LogP contribution in [0.3, 0.4) is 0 Å². The van der Waals surface area contributed by atoms with Crippen LogP contribution >= 0.6 is 11.6 Å². The van der Waals surface area contributed by atoms with E-state index in [1.165, 1.54) is 4.68 Å². The molecule has 0 saturated carbocycles. The van der Waals surface area contributed by atoms with E-state index >= 15 is 0 Å². The molecule has 2 rings (SSSR count). The number of carbonyl (C=O) groups excluding carboxylic acids is 1. The number of carbonyl (C=O) groups is 1. The van der Waals surface area contributed by atoms with Gasteiger partial charge in [0.25, 0.3) is 5.91 Å². The second kappa shape index (κ2) is 9.72. The van der Waals surface area contributed by atoms with Crippen LogP contribution in [0.4, 0.5) is 0 Å². The van der Waals surface area contributed by atoms with Crippen LogP contribution < -0.4 is 4.74 Å². The average Bonchev–Trinajstić information content (AvgIpc) is 3.04. The third-order valence-electron chi connectivity index (χ3n) is 4.17.